The molecule has 0 amide bonds. The van der Waals surface area contributed by atoms with Gasteiger partial charge in [-0.25, -0.2) is 0 Å². The molecule has 16 heavy (non-hydrogen) atoms. The van der Waals surface area contributed by atoms with Crippen LogP contribution in [0.4, 0.5) is 0 Å². The number of aryl methyl sites for hydroxylation is 1. The molecule has 2 rings (SSSR count). The number of aromatic nitrogens is 2. The second-order valence-corrected chi connectivity index (χ2v) is 4.25. The van der Waals surface area contributed by atoms with Gasteiger partial charge >= 0.3 is 0 Å². The lowest BCUT2D eigenvalue weighted by Gasteiger charge is -2.33. The number of nitrogens with zero attached hydrogens (tertiary/aromatic N) is 2. The van der Waals surface area contributed by atoms with E-state index < -0.39 is 0 Å². The van der Waals surface area contributed by atoms with Crippen molar-refractivity contribution in [1.29, 1.82) is 0 Å². The van der Waals surface area contributed by atoms with Crippen LogP contribution < -0.4 is 16.0 Å². The molecule has 0 radical (unpaired) electrons. The van der Waals surface area contributed by atoms with Gasteiger partial charge in [-0.1, -0.05) is 6.42 Å². The molecule has 90 valence electrons. The molecular weight excluding hydrogens is 204 g/mol. The van der Waals surface area contributed by atoms with E-state index in [4.69, 9.17) is 10.6 Å². The summed E-state index contributed by atoms with van der Waals surface area (Å²) in [6, 6.07) is 0.158. The van der Waals surface area contributed by atoms with E-state index in [1.807, 2.05) is 4.68 Å². The van der Waals surface area contributed by atoms with Crippen molar-refractivity contribution >= 4 is 0 Å². The van der Waals surface area contributed by atoms with Crippen LogP contribution in [0.3, 0.4) is 0 Å². The fourth-order valence-corrected chi connectivity index (χ4v) is 2.31. The molecule has 0 saturated heterocycles. The Hall–Kier alpha value is -1.07. The van der Waals surface area contributed by atoms with E-state index in [1.165, 1.54) is 19.3 Å². The van der Waals surface area contributed by atoms with Gasteiger partial charge < -0.3 is 4.74 Å². The first-order chi connectivity index (χ1) is 7.81. The van der Waals surface area contributed by atoms with Crippen LogP contribution in [0.25, 0.3) is 0 Å². The van der Waals surface area contributed by atoms with Gasteiger partial charge in [0.05, 0.1) is 25.0 Å². The molecule has 0 bridgehead atoms. The topological polar surface area (TPSA) is 65.1 Å². The van der Waals surface area contributed by atoms with Crippen molar-refractivity contribution in [1.82, 2.24) is 15.2 Å². The maximum Gasteiger partial charge on any atom is 0.161 e. The third-order valence-corrected chi connectivity index (χ3v) is 3.46. The summed E-state index contributed by atoms with van der Waals surface area (Å²) in [5.74, 6) is 7.12. The molecule has 1 atom stereocenters. The molecular formula is C11H20N4O. The predicted octanol–water partition coefficient (Wildman–Crippen LogP) is 1.22. The highest BCUT2D eigenvalue weighted by Crippen LogP contribution is 2.40. The lowest BCUT2D eigenvalue weighted by Crippen LogP contribution is -2.38. The Morgan fingerprint density at radius 3 is 2.88 bits per heavy atom. The molecule has 0 spiro atoms. The lowest BCUT2D eigenvalue weighted by molar-refractivity contribution is 0.219. The van der Waals surface area contributed by atoms with E-state index >= 15 is 0 Å². The minimum Gasteiger partial charge on any atom is -0.493 e. The van der Waals surface area contributed by atoms with Gasteiger partial charge in [0.1, 0.15) is 0 Å². The maximum atomic E-state index is 5.67. The van der Waals surface area contributed by atoms with Crippen LogP contribution in [-0.2, 0) is 6.54 Å². The van der Waals surface area contributed by atoms with Crippen LogP contribution in [0.1, 0.15) is 37.9 Å². The summed E-state index contributed by atoms with van der Waals surface area (Å²) in [5.41, 5.74) is 4.00. The Morgan fingerprint density at radius 1 is 1.69 bits per heavy atom. The number of nitrogens with two attached hydrogens (primary N) is 1. The average molecular weight is 224 g/mol. The number of hydrazine groups is 1. The van der Waals surface area contributed by atoms with E-state index in [2.05, 4.69) is 17.4 Å². The first-order valence-corrected chi connectivity index (χ1v) is 5.87. The molecule has 3 N–H and O–H groups in total. The molecule has 1 aromatic rings. The van der Waals surface area contributed by atoms with Crippen LogP contribution in [0.5, 0.6) is 5.75 Å². The summed E-state index contributed by atoms with van der Waals surface area (Å²) in [5, 5.41) is 4.31. The number of methoxy groups -OCH3 is 1. The fraction of sp³-hybridized carbons (Fsp3) is 0.727. The minimum absolute atomic E-state index is 0.158. The molecule has 1 aliphatic rings. The molecule has 1 heterocycles. The molecule has 5 nitrogen and oxygen atoms in total. The second kappa shape index (κ2) is 4.84. The standard InChI is InChI=1S/C11H20N4O/c1-3-15-11(9(16-2)7-13-15)10(14-12)8-5-4-6-8/h7-8,10,14H,3-6,12H2,1-2H3. The van der Waals surface area contributed by atoms with Crippen LogP contribution in [-0.4, -0.2) is 16.9 Å². The third kappa shape index (κ3) is 1.81. The Morgan fingerprint density at radius 2 is 2.44 bits per heavy atom. The van der Waals surface area contributed by atoms with Crippen LogP contribution in [0.2, 0.25) is 0 Å². The summed E-state index contributed by atoms with van der Waals surface area (Å²) >= 11 is 0. The maximum absolute atomic E-state index is 5.67. The number of ether oxygens (including phenoxy) is 1. The zero-order valence-corrected chi connectivity index (χ0v) is 9.94. The monoisotopic (exact) mass is 224 g/mol. The van der Waals surface area contributed by atoms with Gasteiger partial charge in [-0.2, -0.15) is 5.10 Å². The number of rotatable bonds is 5. The summed E-state index contributed by atoms with van der Waals surface area (Å²) in [6.45, 7) is 2.91. The summed E-state index contributed by atoms with van der Waals surface area (Å²) in [6.07, 6.45) is 5.52. The number of hydrogen-bond donors (Lipinski definition) is 2. The Kier molecular flexibility index (Phi) is 3.46. The molecule has 1 unspecified atom stereocenters. The molecule has 1 aliphatic carbocycles. The van der Waals surface area contributed by atoms with Crippen molar-refractivity contribution in [2.75, 3.05) is 7.11 Å². The Bertz CT molecular complexity index is 324. The zero-order chi connectivity index (χ0) is 11.5. The van der Waals surface area contributed by atoms with Crippen molar-refractivity contribution in [3.05, 3.63) is 11.9 Å². The van der Waals surface area contributed by atoms with Gasteiger partial charge in [-0.05, 0) is 25.7 Å². The van der Waals surface area contributed by atoms with Gasteiger partial charge in [0, 0.05) is 6.54 Å². The zero-order valence-electron chi connectivity index (χ0n) is 9.94. The first-order valence-electron chi connectivity index (χ1n) is 5.87. The minimum atomic E-state index is 0.158. The van der Waals surface area contributed by atoms with Crippen molar-refractivity contribution in [2.24, 2.45) is 11.8 Å². The van der Waals surface area contributed by atoms with Gasteiger partial charge in [-0.15, -0.1) is 0 Å². The summed E-state index contributed by atoms with van der Waals surface area (Å²) in [4.78, 5) is 0. The molecule has 0 aliphatic heterocycles. The van der Waals surface area contributed by atoms with Gasteiger partial charge in [0.2, 0.25) is 0 Å². The van der Waals surface area contributed by atoms with Crippen LogP contribution >= 0.6 is 0 Å². The number of hydrogen-bond acceptors (Lipinski definition) is 4. The smallest absolute Gasteiger partial charge is 0.161 e. The van der Waals surface area contributed by atoms with Gasteiger partial charge in [-0.3, -0.25) is 16.0 Å². The van der Waals surface area contributed by atoms with Gasteiger partial charge in [0.25, 0.3) is 0 Å². The van der Waals surface area contributed by atoms with Crippen molar-refractivity contribution in [3.63, 3.8) is 0 Å². The molecule has 0 aromatic carbocycles. The van der Waals surface area contributed by atoms with E-state index in [1.54, 1.807) is 13.3 Å². The van der Waals surface area contributed by atoms with E-state index in [9.17, 15) is 0 Å². The van der Waals surface area contributed by atoms with E-state index in [0.717, 1.165) is 18.0 Å². The molecule has 1 aromatic heterocycles. The van der Waals surface area contributed by atoms with E-state index in [0.29, 0.717) is 5.92 Å². The molecule has 1 saturated carbocycles. The lowest BCUT2D eigenvalue weighted by atomic mass is 9.78. The van der Waals surface area contributed by atoms with Crippen molar-refractivity contribution in [3.8, 4) is 5.75 Å². The second-order valence-electron chi connectivity index (χ2n) is 4.25. The summed E-state index contributed by atoms with van der Waals surface area (Å²) in [7, 11) is 1.68. The van der Waals surface area contributed by atoms with E-state index in [-0.39, 0.29) is 6.04 Å². The normalized spacial score (nSPS) is 18.2. The Labute approximate surface area is 95.9 Å². The fourth-order valence-electron chi connectivity index (χ4n) is 2.31. The summed E-state index contributed by atoms with van der Waals surface area (Å²) < 4.78 is 7.31. The molecule has 5 heteroatoms. The number of nitrogens with one attached hydrogen (secondary N) is 1. The van der Waals surface area contributed by atoms with Crippen LogP contribution in [0.15, 0.2) is 6.20 Å². The highest BCUT2D eigenvalue weighted by atomic mass is 16.5. The quantitative estimate of drug-likeness (QED) is 0.583. The van der Waals surface area contributed by atoms with Crippen LogP contribution in [0, 0.1) is 5.92 Å². The van der Waals surface area contributed by atoms with Crippen molar-refractivity contribution < 1.29 is 4.74 Å². The predicted molar refractivity (Wildman–Crippen MR) is 61.9 cm³/mol. The SMILES string of the molecule is CCn1ncc(OC)c1C(NN)C1CCC1. The largest absolute Gasteiger partial charge is 0.493 e. The highest BCUT2D eigenvalue weighted by Gasteiger charge is 2.32. The third-order valence-electron chi connectivity index (χ3n) is 3.46. The van der Waals surface area contributed by atoms with Crippen molar-refractivity contribution in [2.45, 2.75) is 38.8 Å². The Balaban J connectivity index is 2.30. The first kappa shape index (κ1) is 11.4. The molecule has 1 fully saturated rings. The van der Waals surface area contributed by atoms with Gasteiger partial charge in [0.15, 0.2) is 5.75 Å². The highest BCUT2D eigenvalue weighted by molar-refractivity contribution is 5.29. The average Bonchev–Trinajstić information content (AvgIpc) is 2.65.